The Balaban J connectivity index is 2.78. The molecule has 0 amide bonds. The average molecular weight is 205 g/mol. The van der Waals surface area contributed by atoms with Crippen LogP contribution in [0.15, 0.2) is 0 Å². The molecule has 0 spiro atoms. The number of hydrogen-bond acceptors (Lipinski definition) is 4. The predicted molar refractivity (Wildman–Crippen MR) is 53.0 cm³/mol. The summed E-state index contributed by atoms with van der Waals surface area (Å²) in [6.45, 7) is 2.63. The third kappa shape index (κ3) is 11.8. The Morgan fingerprint density at radius 2 is 1.79 bits per heavy atom. The van der Waals surface area contributed by atoms with E-state index < -0.39 is 0 Å². The fourth-order valence-electron chi connectivity index (χ4n) is 1.24. The van der Waals surface area contributed by atoms with Crippen molar-refractivity contribution in [2.24, 2.45) is 0 Å². The molecule has 0 aliphatic rings. The molecule has 0 unspecified atom stereocenters. The standard InChI is InChI=1S/C10H21O4/c1-2-3-4-5-6-7-8-9-10-12-14-13-11/h3,11H,2,4-10H2,1H3. The van der Waals surface area contributed by atoms with Gasteiger partial charge in [0.2, 0.25) is 0 Å². The van der Waals surface area contributed by atoms with Crippen LogP contribution in [-0.2, 0) is 15.0 Å². The Hall–Kier alpha value is -0.160. The number of rotatable bonds is 11. The molecule has 1 radical (unpaired) electrons. The summed E-state index contributed by atoms with van der Waals surface area (Å²) in [5.41, 5.74) is 0. The first kappa shape index (κ1) is 13.8. The maximum absolute atomic E-state index is 7.74. The lowest BCUT2D eigenvalue weighted by Gasteiger charge is -2.00. The van der Waals surface area contributed by atoms with Crippen molar-refractivity contribution in [2.75, 3.05) is 6.61 Å². The summed E-state index contributed by atoms with van der Waals surface area (Å²) in [5, 5.41) is 14.9. The van der Waals surface area contributed by atoms with Crippen LogP contribution >= 0.6 is 0 Å². The van der Waals surface area contributed by atoms with Crippen molar-refractivity contribution < 1.29 is 20.2 Å². The summed E-state index contributed by atoms with van der Waals surface area (Å²) in [6.07, 6.45) is 10.6. The summed E-state index contributed by atoms with van der Waals surface area (Å²) in [4.78, 5) is 4.45. The van der Waals surface area contributed by atoms with Gasteiger partial charge in [-0.1, -0.05) is 45.4 Å². The van der Waals surface area contributed by atoms with Crippen LogP contribution in [0.4, 0.5) is 0 Å². The minimum Gasteiger partial charge on any atom is -0.219 e. The smallest absolute Gasteiger partial charge is 0.0854 e. The van der Waals surface area contributed by atoms with Crippen LogP contribution in [0.5, 0.6) is 0 Å². The molecule has 0 atom stereocenters. The van der Waals surface area contributed by atoms with Crippen molar-refractivity contribution in [3.8, 4) is 0 Å². The van der Waals surface area contributed by atoms with Gasteiger partial charge >= 0.3 is 0 Å². The number of unbranched alkanes of at least 4 members (excludes halogenated alkanes) is 7. The molecule has 0 aromatic carbocycles. The second-order valence-electron chi connectivity index (χ2n) is 3.22. The highest BCUT2D eigenvalue weighted by Gasteiger charge is 1.92. The van der Waals surface area contributed by atoms with E-state index in [1.54, 1.807) is 0 Å². The first-order chi connectivity index (χ1) is 6.91. The SMILES string of the molecule is CC[CH]CCCCCCCOOOO. The van der Waals surface area contributed by atoms with Crippen LogP contribution in [0.1, 0.15) is 51.9 Å². The lowest BCUT2D eigenvalue weighted by molar-refractivity contribution is -0.623. The molecule has 0 bridgehead atoms. The molecule has 4 heteroatoms. The van der Waals surface area contributed by atoms with Crippen molar-refractivity contribution in [3.63, 3.8) is 0 Å². The van der Waals surface area contributed by atoms with E-state index in [0.29, 0.717) is 6.61 Å². The summed E-state index contributed by atoms with van der Waals surface area (Å²) in [7, 11) is 0. The van der Waals surface area contributed by atoms with Gasteiger partial charge in [0.1, 0.15) is 0 Å². The third-order valence-electron chi connectivity index (χ3n) is 2.00. The largest absolute Gasteiger partial charge is 0.219 e. The van der Waals surface area contributed by atoms with Crippen LogP contribution in [-0.4, -0.2) is 11.9 Å². The van der Waals surface area contributed by atoms with E-state index in [9.17, 15) is 0 Å². The first-order valence-electron chi connectivity index (χ1n) is 5.33. The highest BCUT2D eigenvalue weighted by Crippen LogP contribution is 2.07. The molecule has 0 heterocycles. The van der Waals surface area contributed by atoms with Gasteiger partial charge in [0.05, 0.1) is 6.61 Å². The van der Waals surface area contributed by atoms with E-state index >= 15 is 0 Å². The molecular formula is C10H21O4. The summed E-state index contributed by atoms with van der Waals surface area (Å²) < 4.78 is 0. The lowest BCUT2D eigenvalue weighted by atomic mass is 10.1. The predicted octanol–water partition coefficient (Wildman–Crippen LogP) is 3.29. The van der Waals surface area contributed by atoms with Crippen LogP contribution in [0, 0.1) is 6.42 Å². The second kappa shape index (κ2) is 12.8. The van der Waals surface area contributed by atoms with Gasteiger partial charge in [0, 0.05) is 0 Å². The minimum atomic E-state index is 0.460. The van der Waals surface area contributed by atoms with Gasteiger partial charge in [0.25, 0.3) is 0 Å². The molecule has 0 saturated carbocycles. The lowest BCUT2D eigenvalue weighted by Crippen LogP contribution is -1.95. The molecule has 0 aliphatic heterocycles. The first-order valence-corrected chi connectivity index (χ1v) is 5.33. The quantitative estimate of drug-likeness (QED) is 0.319. The van der Waals surface area contributed by atoms with Crippen LogP contribution in [0.2, 0.25) is 0 Å². The third-order valence-corrected chi connectivity index (χ3v) is 2.00. The van der Waals surface area contributed by atoms with Gasteiger partial charge in [-0.2, -0.15) is 0 Å². The zero-order chi connectivity index (χ0) is 10.5. The average Bonchev–Trinajstić information content (AvgIpc) is 2.21. The maximum Gasteiger partial charge on any atom is 0.0854 e. The van der Waals surface area contributed by atoms with Gasteiger partial charge in [0.15, 0.2) is 0 Å². The van der Waals surface area contributed by atoms with Crippen molar-refractivity contribution in [2.45, 2.75) is 51.9 Å². The molecule has 0 aromatic heterocycles. The van der Waals surface area contributed by atoms with Gasteiger partial charge in [-0.05, 0) is 22.9 Å². The maximum atomic E-state index is 7.74. The summed E-state index contributed by atoms with van der Waals surface area (Å²) >= 11 is 0. The Morgan fingerprint density at radius 3 is 2.50 bits per heavy atom. The van der Waals surface area contributed by atoms with E-state index in [1.165, 1.54) is 32.1 Å². The van der Waals surface area contributed by atoms with Gasteiger partial charge in [-0.25, -0.2) is 10.1 Å². The van der Waals surface area contributed by atoms with E-state index in [0.717, 1.165) is 12.8 Å². The molecule has 0 aliphatic carbocycles. The monoisotopic (exact) mass is 205 g/mol. The highest BCUT2D eigenvalue weighted by atomic mass is 17.6. The molecule has 0 saturated heterocycles. The molecular weight excluding hydrogens is 184 g/mol. The Morgan fingerprint density at radius 1 is 1.07 bits per heavy atom. The van der Waals surface area contributed by atoms with Crippen molar-refractivity contribution >= 4 is 0 Å². The minimum absolute atomic E-state index is 0.460. The number of hydrogen-bond donors (Lipinski definition) is 1. The van der Waals surface area contributed by atoms with Gasteiger partial charge in [-0.3, -0.25) is 0 Å². The topological polar surface area (TPSA) is 47.9 Å². The fourth-order valence-corrected chi connectivity index (χ4v) is 1.24. The van der Waals surface area contributed by atoms with Crippen LogP contribution in [0.25, 0.3) is 0 Å². The van der Waals surface area contributed by atoms with Crippen LogP contribution in [0.3, 0.4) is 0 Å². The zero-order valence-corrected chi connectivity index (χ0v) is 8.91. The molecule has 1 N–H and O–H groups in total. The van der Waals surface area contributed by atoms with E-state index in [1.807, 2.05) is 0 Å². The normalized spacial score (nSPS) is 10.7. The van der Waals surface area contributed by atoms with Crippen molar-refractivity contribution in [3.05, 3.63) is 6.42 Å². The molecule has 0 rings (SSSR count). The molecule has 85 valence electrons. The molecule has 4 nitrogen and oxygen atoms in total. The van der Waals surface area contributed by atoms with E-state index in [2.05, 4.69) is 28.3 Å². The Bertz CT molecular complexity index is 86.1. The zero-order valence-electron chi connectivity index (χ0n) is 8.91. The van der Waals surface area contributed by atoms with E-state index in [-0.39, 0.29) is 0 Å². The second-order valence-corrected chi connectivity index (χ2v) is 3.22. The highest BCUT2D eigenvalue weighted by molar-refractivity contribution is 4.60. The van der Waals surface area contributed by atoms with Crippen molar-refractivity contribution in [1.82, 2.24) is 0 Å². The summed E-state index contributed by atoms with van der Waals surface area (Å²) in [5.74, 6) is 0. The summed E-state index contributed by atoms with van der Waals surface area (Å²) in [6, 6.07) is 0. The Kier molecular flexibility index (Phi) is 12.7. The Labute approximate surface area is 85.9 Å². The van der Waals surface area contributed by atoms with Gasteiger partial charge < -0.3 is 0 Å². The molecule has 0 aromatic rings. The van der Waals surface area contributed by atoms with E-state index in [4.69, 9.17) is 5.26 Å². The van der Waals surface area contributed by atoms with Gasteiger partial charge in [-0.15, -0.1) is 0 Å². The van der Waals surface area contributed by atoms with Crippen molar-refractivity contribution in [1.29, 1.82) is 0 Å². The molecule has 14 heavy (non-hydrogen) atoms. The van der Waals surface area contributed by atoms with Crippen LogP contribution < -0.4 is 0 Å². The molecule has 0 fully saturated rings. The fraction of sp³-hybridized carbons (Fsp3) is 0.900.